The number of hydrogen-bond acceptors (Lipinski definition) is 3. The lowest BCUT2D eigenvalue weighted by Crippen LogP contribution is -2.22. The number of pyridine rings is 1. The highest BCUT2D eigenvalue weighted by Gasteiger charge is 2.08. The third-order valence-electron chi connectivity index (χ3n) is 3.58. The molecule has 1 aromatic heterocycles. The van der Waals surface area contributed by atoms with Crippen LogP contribution in [0.15, 0.2) is 60.8 Å². The number of benzene rings is 2. The number of nitrogens with zero attached hydrogens (tertiary/aromatic N) is 1. The van der Waals surface area contributed by atoms with Crippen molar-refractivity contribution in [2.45, 2.75) is 6.54 Å². The molecule has 4 nitrogen and oxygen atoms in total. The van der Waals surface area contributed by atoms with Crippen molar-refractivity contribution in [3.8, 4) is 0 Å². The topological polar surface area (TPSA) is 54.0 Å². The number of anilines is 2. The molecule has 132 valence electrons. The van der Waals surface area contributed by atoms with Crippen LogP contribution < -0.4 is 10.6 Å². The second kappa shape index (κ2) is 7.93. The summed E-state index contributed by atoms with van der Waals surface area (Å²) in [6.45, 7) is 0.351. The maximum absolute atomic E-state index is 13.3. The van der Waals surface area contributed by atoms with Crippen molar-refractivity contribution >= 4 is 29.0 Å². The molecule has 7 heteroatoms. The molecule has 0 unspecified atom stereocenters. The first kappa shape index (κ1) is 17.8. The van der Waals surface area contributed by atoms with Crippen molar-refractivity contribution in [3.05, 3.63) is 88.6 Å². The minimum Gasteiger partial charge on any atom is -0.348 e. The Labute approximate surface area is 153 Å². The number of carbonyl (C=O) groups excluding carboxylic acids is 1. The predicted molar refractivity (Wildman–Crippen MR) is 96.5 cm³/mol. The second-order valence-electron chi connectivity index (χ2n) is 5.49. The summed E-state index contributed by atoms with van der Waals surface area (Å²) in [6, 6.07) is 13.7. The molecule has 0 saturated carbocycles. The number of carbonyl (C=O) groups is 1. The number of aromatic nitrogens is 1. The van der Waals surface area contributed by atoms with E-state index in [1.54, 1.807) is 18.2 Å². The number of hydrogen-bond donors (Lipinski definition) is 2. The zero-order valence-electron chi connectivity index (χ0n) is 13.5. The maximum Gasteiger partial charge on any atom is 0.251 e. The van der Waals surface area contributed by atoms with E-state index in [0.717, 1.165) is 17.7 Å². The van der Waals surface area contributed by atoms with E-state index in [-0.39, 0.29) is 5.91 Å². The Morgan fingerprint density at radius 3 is 2.50 bits per heavy atom. The molecule has 0 aliphatic carbocycles. The molecule has 0 saturated heterocycles. The van der Waals surface area contributed by atoms with Crippen LogP contribution in [0.3, 0.4) is 0 Å². The lowest BCUT2D eigenvalue weighted by atomic mass is 10.2. The van der Waals surface area contributed by atoms with Gasteiger partial charge in [0, 0.05) is 35.1 Å². The molecule has 0 aliphatic rings. The van der Waals surface area contributed by atoms with E-state index in [2.05, 4.69) is 15.6 Å². The highest BCUT2D eigenvalue weighted by Crippen LogP contribution is 2.18. The lowest BCUT2D eigenvalue weighted by Gasteiger charge is -2.09. The molecule has 26 heavy (non-hydrogen) atoms. The first-order valence-corrected chi connectivity index (χ1v) is 8.10. The van der Waals surface area contributed by atoms with Gasteiger partial charge in [-0.05, 0) is 42.0 Å². The number of halogens is 3. The Balaban J connectivity index is 1.66. The van der Waals surface area contributed by atoms with Gasteiger partial charge < -0.3 is 10.6 Å². The SMILES string of the molecule is O=C(NCc1ccc(Cl)cc1)c1ccnc(Nc2ccc(F)c(F)c2)c1. The van der Waals surface area contributed by atoms with Gasteiger partial charge in [-0.25, -0.2) is 13.8 Å². The van der Waals surface area contributed by atoms with E-state index < -0.39 is 11.6 Å². The largest absolute Gasteiger partial charge is 0.348 e. The van der Waals surface area contributed by atoms with Gasteiger partial charge in [0.15, 0.2) is 11.6 Å². The van der Waals surface area contributed by atoms with Gasteiger partial charge in [0.25, 0.3) is 5.91 Å². The van der Waals surface area contributed by atoms with Gasteiger partial charge in [-0.3, -0.25) is 4.79 Å². The van der Waals surface area contributed by atoms with Crippen LogP contribution in [0.1, 0.15) is 15.9 Å². The van der Waals surface area contributed by atoms with Crippen molar-refractivity contribution < 1.29 is 13.6 Å². The Morgan fingerprint density at radius 1 is 1.00 bits per heavy atom. The normalized spacial score (nSPS) is 10.4. The standard InChI is InChI=1S/C19H14ClF2N3O/c20-14-3-1-12(2-4-14)11-24-19(26)13-7-8-23-18(9-13)25-15-5-6-16(21)17(22)10-15/h1-10H,11H2,(H,23,25)(H,24,26). The molecule has 0 bridgehead atoms. The van der Waals surface area contributed by atoms with Crippen LogP contribution in [0.4, 0.5) is 20.3 Å². The van der Waals surface area contributed by atoms with Crippen LogP contribution in [-0.2, 0) is 6.54 Å². The van der Waals surface area contributed by atoms with Crippen LogP contribution >= 0.6 is 11.6 Å². The summed E-state index contributed by atoms with van der Waals surface area (Å²) in [5.74, 6) is -1.84. The molecule has 0 atom stereocenters. The number of rotatable bonds is 5. The third kappa shape index (κ3) is 4.55. The highest BCUT2D eigenvalue weighted by molar-refractivity contribution is 6.30. The Kier molecular flexibility index (Phi) is 5.43. The van der Waals surface area contributed by atoms with Crippen LogP contribution in [0.5, 0.6) is 0 Å². The molecule has 0 radical (unpaired) electrons. The van der Waals surface area contributed by atoms with E-state index >= 15 is 0 Å². The minimum atomic E-state index is -0.966. The first-order valence-electron chi connectivity index (χ1n) is 7.72. The molecule has 0 aliphatic heterocycles. The van der Waals surface area contributed by atoms with Crippen LogP contribution in [0, 0.1) is 11.6 Å². The van der Waals surface area contributed by atoms with E-state index in [0.29, 0.717) is 28.6 Å². The maximum atomic E-state index is 13.3. The van der Waals surface area contributed by atoms with Gasteiger partial charge in [-0.15, -0.1) is 0 Å². The fourth-order valence-electron chi connectivity index (χ4n) is 2.25. The van der Waals surface area contributed by atoms with Gasteiger partial charge in [0.05, 0.1) is 0 Å². The number of amides is 1. The van der Waals surface area contributed by atoms with E-state index in [1.165, 1.54) is 18.3 Å². The van der Waals surface area contributed by atoms with Crippen LogP contribution in [0.25, 0.3) is 0 Å². The lowest BCUT2D eigenvalue weighted by molar-refractivity contribution is 0.0951. The van der Waals surface area contributed by atoms with Crippen LogP contribution in [0.2, 0.25) is 5.02 Å². The zero-order valence-corrected chi connectivity index (χ0v) is 14.2. The minimum absolute atomic E-state index is 0.282. The monoisotopic (exact) mass is 373 g/mol. The number of nitrogens with one attached hydrogen (secondary N) is 2. The van der Waals surface area contributed by atoms with Gasteiger partial charge in [0.2, 0.25) is 0 Å². The molecule has 1 amide bonds. The predicted octanol–water partition coefficient (Wildman–Crippen LogP) is 4.69. The molecule has 0 fully saturated rings. The first-order chi connectivity index (χ1) is 12.5. The average molecular weight is 374 g/mol. The quantitative estimate of drug-likeness (QED) is 0.682. The molecule has 0 spiro atoms. The van der Waals surface area contributed by atoms with E-state index in [1.807, 2.05) is 12.1 Å². The van der Waals surface area contributed by atoms with Crippen LogP contribution in [-0.4, -0.2) is 10.9 Å². The Bertz CT molecular complexity index is 932. The zero-order chi connectivity index (χ0) is 18.5. The molecule has 2 aromatic carbocycles. The smallest absolute Gasteiger partial charge is 0.251 e. The fraction of sp³-hybridized carbons (Fsp3) is 0.0526. The molecular formula is C19H14ClF2N3O. The molecule has 2 N–H and O–H groups in total. The molecule has 1 heterocycles. The summed E-state index contributed by atoms with van der Waals surface area (Å²) in [5.41, 5.74) is 1.63. The summed E-state index contributed by atoms with van der Waals surface area (Å²) in [5, 5.41) is 6.26. The van der Waals surface area contributed by atoms with Crippen molar-refractivity contribution in [2.75, 3.05) is 5.32 Å². The summed E-state index contributed by atoms with van der Waals surface area (Å²) >= 11 is 5.83. The van der Waals surface area contributed by atoms with E-state index in [9.17, 15) is 13.6 Å². The second-order valence-corrected chi connectivity index (χ2v) is 5.93. The van der Waals surface area contributed by atoms with Gasteiger partial charge in [-0.2, -0.15) is 0 Å². The van der Waals surface area contributed by atoms with Gasteiger partial charge in [-0.1, -0.05) is 23.7 Å². The van der Waals surface area contributed by atoms with Gasteiger partial charge >= 0.3 is 0 Å². The fourth-order valence-corrected chi connectivity index (χ4v) is 2.37. The van der Waals surface area contributed by atoms with Crippen molar-refractivity contribution in [2.24, 2.45) is 0 Å². The molecule has 3 aromatic rings. The van der Waals surface area contributed by atoms with Crippen molar-refractivity contribution in [1.29, 1.82) is 0 Å². The molecular weight excluding hydrogens is 360 g/mol. The summed E-state index contributed by atoms with van der Waals surface area (Å²) in [7, 11) is 0. The third-order valence-corrected chi connectivity index (χ3v) is 3.83. The summed E-state index contributed by atoms with van der Waals surface area (Å²) < 4.78 is 26.2. The van der Waals surface area contributed by atoms with Gasteiger partial charge in [0.1, 0.15) is 5.82 Å². The van der Waals surface area contributed by atoms with E-state index in [4.69, 9.17) is 11.6 Å². The average Bonchev–Trinajstić information content (AvgIpc) is 2.64. The highest BCUT2D eigenvalue weighted by atomic mass is 35.5. The summed E-state index contributed by atoms with van der Waals surface area (Å²) in [4.78, 5) is 16.4. The van der Waals surface area contributed by atoms with Crippen molar-refractivity contribution in [3.63, 3.8) is 0 Å². The summed E-state index contributed by atoms with van der Waals surface area (Å²) in [6.07, 6.45) is 1.46. The Morgan fingerprint density at radius 2 is 1.77 bits per heavy atom. The molecule has 3 rings (SSSR count). The van der Waals surface area contributed by atoms with Crippen molar-refractivity contribution in [1.82, 2.24) is 10.3 Å². The Hall–Kier alpha value is -2.99.